The van der Waals surface area contributed by atoms with E-state index in [1.165, 1.54) is 19.2 Å². The third-order valence-corrected chi connectivity index (χ3v) is 6.29. The lowest BCUT2D eigenvalue weighted by atomic mass is 9.85. The van der Waals surface area contributed by atoms with Gasteiger partial charge in [0.2, 0.25) is 5.60 Å². The van der Waals surface area contributed by atoms with Gasteiger partial charge in [0.25, 0.3) is 5.17 Å². The molecule has 0 aromatic heterocycles. The molecular formula is C19H20ClFN2O4S. The molecule has 0 radical (unpaired) electrons. The van der Waals surface area contributed by atoms with Crippen LogP contribution in [0.5, 0.6) is 5.75 Å². The maximum atomic E-state index is 14.5. The summed E-state index contributed by atoms with van der Waals surface area (Å²) in [7, 11) is 1.32. The molecule has 1 aromatic rings. The molecule has 4 rings (SSSR count). The SMILES string of the molecule is COC(=O)C12CCCC1C(c1cc(OC(=S)N3CCCC3)c(F)cc1Cl)=NO2. The normalized spacial score (nSPS) is 25.9. The van der Waals surface area contributed by atoms with Crippen LogP contribution in [0.1, 0.15) is 37.7 Å². The quantitative estimate of drug-likeness (QED) is 0.542. The predicted octanol–water partition coefficient (Wildman–Crippen LogP) is 3.68. The van der Waals surface area contributed by atoms with Crippen molar-refractivity contribution in [3.05, 3.63) is 28.5 Å². The summed E-state index contributed by atoms with van der Waals surface area (Å²) in [6, 6.07) is 2.66. The number of likely N-dealkylation sites (tertiary alicyclic amines) is 1. The Bertz CT molecular complexity index is 859. The van der Waals surface area contributed by atoms with Crippen molar-refractivity contribution in [2.24, 2.45) is 11.1 Å². The summed E-state index contributed by atoms with van der Waals surface area (Å²) in [5.74, 6) is -1.40. The molecule has 1 saturated carbocycles. The molecule has 28 heavy (non-hydrogen) atoms. The molecule has 0 spiro atoms. The van der Waals surface area contributed by atoms with Crippen LogP contribution in [0, 0.1) is 11.7 Å². The lowest BCUT2D eigenvalue weighted by molar-refractivity contribution is -0.168. The van der Waals surface area contributed by atoms with Crippen LogP contribution in [0.25, 0.3) is 0 Å². The maximum Gasteiger partial charge on any atom is 0.353 e. The Morgan fingerprint density at radius 1 is 1.39 bits per heavy atom. The molecule has 0 bridgehead atoms. The van der Waals surface area contributed by atoms with Gasteiger partial charge in [-0.2, -0.15) is 0 Å². The molecule has 2 unspecified atom stereocenters. The third-order valence-electron chi connectivity index (χ3n) is 5.63. The number of carbonyl (C=O) groups is 1. The van der Waals surface area contributed by atoms with Crippen LogP contribution in [-0.4, -0.2) is 47.6 Å². The third kappa shape index (κ3) is 3.12. The number of hydrogen-bond acceptors (Lipinski definition) is 6. The van der Waals surface area contributed by atoms with Crippen LogP contribution in [0.3, 0.4) is 0 Å². The summed E-state index contributed by atoms with van der Waals surface area (Å²) in [5, 5.41) is 4.54. The number of halogens is 2. The Balaban J connectivity index is 1.63. The van der Waals surface area contributed by atoms with Gasteiger partial charge in [0.15, 0.2) is 11.6 Å². The van der Waals surface area contributed by atoms with Gasteiger partial charge >= 0.3 is 5.97 Å². The van der Waals surface area contributed by atoms with Crippen LogP contribution in [0.4, 0.5) is 4.39 Å². The van der Waals surface area contributed by atoms with Crippen molar-refractivity contribution >= 4 is 40.7 Å². The van der Waals surface area contributed by atoms with Crippen LogP contribution in [0.2, 0.25) is 5.02 Å². The van der Waals surface area contributed by atoms with Crippen molar-refractivity contribution in [3.63, 3.8) is 0 Å². The monoisotopic (exact) mass is 426 g/mol. The largest absolute Gasteiger partial charge is 0.466 e. The molecule has 1 saturated heterocycles. The molecule has 150 valence electrons. The van der Waals surface area contributed by atoms with E-state index in [0.717, 1.165) is 32.4 Å². The van der Waals surface area contributed by atoms with E-state index in [-0.39, 0.29) is 21.9 Å². The molecular weight excluding hydrogens is 407 g/mol. The number of hydrogen-bond donors (Lipinski definition) is 0. The summed E-state index contributed by atoms with van der Waals surface area (Å²) in [5.41, 5.74) is -0.155. The molecule has 2 fully saturated rings. The molecule has 9 heteroatoms. The van der Waals surface area contributed by atoms with Gasteiger partial charge in [0.05, 0.1) is 23.8 Å². The number of esters is 1. The minimum Gasteiger partial charge on any atom is -0.466 e. The van der Waals surface area contributed by atoms with Crippen LogP contribution < -0.4 is 4.74 Å². The van der Waals surface area contributed by atoms with Crippen molar-refractivity contribution in [2.75, 3.05) is 20.2 Å². The number of thiocarbonyl (C=S) groups is 1. The molecule has 2 atom stereocenters. The fourth-order valence-corrected chi connectivity index (χ4v) is 4.71. The van der Waals surface area contributed by atoms with Crippen LogP contribution >= 0.6 is 23.8 Å². The Kier molecular flexibility index (Phi) is 5.18. The zero-order valence-corrected chi connectivity index (χ0v) is 16.9. The highest BCUT2D eigenvalue weighted by Gasteiger charge is 2.59. The number of methoxy groups -OCH3 is 1. The molecule has 0 N–H and O–H groups in total. The second-order valence-electron chi connectivity index (χ2n) is 7.22. The van der Waals surface area contributed by atoms with E-state index >= 15 is 0 Å². The number of ether oxygens (including phenoxy) is 2. The first-order valence-electron chi connectivity index (χ1n) is 9.27. The molecule has 1 aromatic carbocycles. The number of carbonyl (C=O) groups excluding carboxylic acids is 1. The predicted molar refractivity (Wildman–Crippen MR) is 105 cm³/mol. The van der Waals surface area contributed by atoms with E-state index < -0.39 is 17.4 Å². The zero-order chi connectivity index (χ0) is 19.9. The Morgan fingerprint density at radius 3 is 2.86 bits per heavy atom. The Morgan fingerprint density at radius 2 is 2.14 bits per heavy atom. The second kappa shape index (κ2) is 7.48. The van der Waals surface area contributed by atoms with Gasteiger partial charge in [-0.05, 0) is 50.0 Å². The van der Waals surface area contributed by atoms with Crippen molar-refractivity contribution < 1.29 is 23.5 Å². The minimum atomic E-state index is -1.13. The molecule has 3 aliphatic rings. The first-order valence-corrected chi connectivity index (χ1v) is 10.1. The van der Waals surface area contributed by atoms with Crippen LogP contribution in [-0.2, 0) is 14.4 Å². The van der Waals surface area contributed by atoms with Crippen molar-refractivity contribution in [1.29, 1.82) is 0 Å². The second-order valence-corrected chi connectivity index (χ2v) is 7.97. The summed E-state index contributed by atoms with van der Waals surface area (Å²) in [6.45, 7) is 1.59. The van der Waals surface area contributed by atoms with E-state index in [2.05, 4.69) is 5.16 Å². The van der Waals surface area contributed by atoms with Gasteiger partial charge in [-0.15, -0.1) is 0 Å². The van der Waals surface area contributed by atoms with Crippen LogP contribution in [0.15, 0.2) is 17.3 Å². The average Bonchev–Trinajstić information content (AvgIpc) is 3.40. The first-order chi connectivity index (χ1) is 13.5. The smallest absolute Gasteiger partial charge is 0.353 e. The lowest BCUT2D eigenvalue weighted by Crippen LogP contribution is -2.43. The standard InChI is InChI=1S/C19H20ClFN2O4S/c1-25-17(24)19-6-4-5-12(19)16(22-27-19)11-9-15(14(21)10-13(11)20)26-18(28)23-7-2-3-8-23/h9-10,12H,2-8H2,1H3. The highest BCUT2D eigenvalue weighted by Crippen LogP contribution is 2.47. The van der Waals surface area contributed by atoms with Gasteiger partial charge in [0.1, 0.15) is 0 Å². The Labute approximate surface area is 172 Å². The van der Waals surface area contributed by atoms with Gasteiger partial charge < -0.3 is 19.2 Å². The van der Waals surface area contributed by atoms with Gasteiger partial charge in [-0.1, -0.05) is 16.8 Å². The number of nitrogens with zero attached hydrogens (tertiary/aromatic N) is 2. The molecule has 6 nitrogen and oxygen atoms in total. The van der Waals surface area contributed by atoms with Gasteiger partial charge in [0, 0.05) is 25.1 Å². The average molecular weight is 427 g/mol. The number of fused-ring (bicyclic) bond motifs is 1. The van der Waals surface area contributed by atoms with E-state index in [1.807, 2.05) is 4.90 Å². The van der Waals surface area contributed by atoms with Gasteiger partial charge in [-0.25, -0.2) is 9.18 Å². The molecule has 2 heterocycles. The Hall–Kier alpha value is -1.93. The van der Waals surface area contributed by atoms with E-state index in [4.69, 9.17) is 38.1 Å². The van der Waals surface area contributed by atoms with E-state index in [1.54, 1.807) is 0 Å². The minimum absolute atomic E-state index is 0.0208. The van der Waals surface area contributed by atoms with Crippen molar-refractivity contribution in [2.45, 2.75) is 37.7 Å². The molecule has 1 aliphatic carbocycles. The molecule has 2 aliphatic heterocycles. The van der Waals surface area contributed by atoms with Gasteiger partial charge in [-0.3, -0.25) is 0 Å². The number of oxime groups is 1. The van der Waals surface area contributed by atoms with E-state index in [9.17, 15) is 9.18 Å². The number of rotatable bonds is 3. The van der Waals surface area contributed by atoms with E-state index in [0.29, 0.717) is 24.1 Å². The highest BCUT2D eigenvalue weighted by molar-refractivity contribution is 7.80. The molecule has 0 amide bonds. The summed E-state index contributed by atoms with van der Waals surface area (Å²) < 4.78 is 25.0. The van der Waals surface area contributed by atoms with Crippen molar-refractivity contribution in [1.82, 2.24) is 4.90 Å². The lowest BCUT2D eigenvalue weighted by Gasteiger charge is -2.24. The fraction of sp³-hybridized carbons (Fsp3) is 0.526. The summed E-state index contributed by atoms with van der Waals surface area (Å²) >= 11 is 11.6. The maximum absolute atomic E-state index is 14.5. The summed E-state index contributed by atoms with van der Waals surface area (Å²) in [6.07, 6.45) is 4.06. The first kappa shape index (κ1) is 19.4. The topological polar surface area (TPSA) is 60.4 Å². The van der Waals surface area contributed by atoms with Crippen molar-refractivity contribution in [3.8, 4) is 5.75 Å². The highest BCUT2D eigenvalue weighted by atomic mass is 35.5. The summed E-state index contributed by atoms with van der Waals surface area (Å²) in [4.78, 5) is 19.8. The number of benzene rings is 1. The fourth-order valence-electron chi connectivity index (χ4n) is 4.19. The zero-order valence-electron chi connectivity index (χ0n) is 15.4.